The van der Waals surface area contributed by atoms with Crippen LogP contribution in [0.2, 0.25) is 0 Å². The molecule has 0 aromatic carbocycles. The van der Waals surface area contributed by atoms with Crippen molar-refractivity contribution in [1.82, 2.24) is 29.6 Å². The van der Waals surface area contributed by atoms with Gasteiger partial charge < -0.3 is 4.74 Å². The third-order valence-corrected chi connectivity index (χ3v) is 4.86. The Bertz CT molecular complexity index is 902. The Labute approximate surface area is 141 Å². The van der Waals surface area contributed by atoms with Crippen LogP contribution in [0.3, 0.4) is 0 Å². The topological polar surface area (TPSA) is 87.2 Å². The van der Waals surface area contributed by atoms with Crippen LogP contribution in [-0.4, -0.2) is 42.3 Å². The quantitative estimate of drug-likeness (QED) is 0.642. The van der Waals surface area contributed by atoms with E-state index in [-0.39, 0.29) is 11.7 Å². The fraction of sp³-hybridized carbons (Fsp3) is 0.400. The van der Waals surface area contributed by atoms with Crippen molar-refractivity contribution in [3.05, 3.63) is 46.5 Å². The Kier molecular flexibility index (Phi) is 4.26. The number of thioether (sulfide) groups is 1. The fourth-order valence-electron chi connectivity index (χ4n) is 2.71. The number of hydrogen-bond acceptors (Lipinski definition) is 7. The van der Waals surface area contributed by atoms with Gasteiger partial charge >= 0.3 is 0 Å². The minimum absolute atomic E-state index is 0.0878. The number of rotatable bonds is 5. The molecule has 0 amide bonds. The monoisotopic (exact) mass is 344 g/mol. The lowest BCUT2D eigenvalue weighted by atomic mass is 10.2. The van der Waals surface area contributed by atoms with Crippen LogP contribution >= 0.6 is 11.8 Å². The van der Waals surface area contributed by atoms with Crippen LogP contribution in [0, 0.1) is 0 Å². The van der Waals surface area contributed by atoms with Gasteiger partial charge in [-0.3, -0.25) is 9.20 Å². The summed E-state index contributed by atoms with van der Waals surface area (Å²) in [5, 5.41) is 12.5. The van der Waals surface area contributed by atoms with Crippen LogP contribution in [0.5, 0.6) is 0 Å². The minimum atomic E-state index is -0.0878. The molecular formula is C15H16N6O2S. The molecule has 24 heavy (non-hydrogen) atoms. The van der Waals surface area contributed by atoms with Crippen molar-refractivity contribution in [3.63, 3.8) is 0 Å². The van der Waals surface area contributed by atoms with E-state index in [1.165, 1.54) is 16.2 Å². The molecule has 3 aromatic rings. The second-order valence-electron chi connectivity index (χ2n) is 5.58. The molecule has 1 unspecified atom stereocenters. The molecule has 0 radical (unpaired) electrons. The standard InChI is InChI=1S/C15H16N6O2S/c22-14-8-11(16-13-5-1-2-6-20(13)14)10-24-15-17-18-19-21(15)9-12-4-3-7-23-12/h1-2,5-6,8,12H,3-4,7,9-10H2. The lowest BCUT2D eigenvalue weighted by Gasteiger charge is -2.10. The number of pyridine rings is 1. The van der Waals surface area contributed by atoms with E-state index in [1.807, 2.05) is 18.2 Å². The minimum Gasteiger partial charge on any atom is -0.376 e. The van der Waals surface area contributed by atoms with Crippen molar-refractivity contribution in [2.45, 2.75) is 36.4 Å². The average molecular weight is 344 g/mol. The largest absolute Gasteiger partial charge is 0.376 e. The summed E-state index contributed by atoms with van der Waals surface area (Å²) < 4.78 is 8.91. The lowest BCUT2D eigenvalue weighted by Crippen LogP contribution is -2.17. The van der Waals surface area contributed by atoms with Gasteiger partial charge in [0.15, 0.2) is 0 Å². The number of ether oxygens (including phenoxy) is 1. The summed E-state index contributed by atoms with van der Waals surface area (Å²) >= 11 is 1.47. The third kappa shape index (κ3) is 3.17. The summed E-state index contributed by atoms with van der Waals surface area (Å²) in [6, 6.07) is 7.04. The number of fused-ring (bicyclic) bond motifs is 1. The molecule has 8 nitrogen and oxygen atoms in total. The highest BCUT2D eigenvalue weighted by Gasteiger charge is 2.19. The van der Waals surface area contributed by atoms with Crippen molar-refractivity contribution in [2.75, 3.05) is 6.61 Å². The molecule has 3 aromatic heterocycles. The Hall–Kier alpha value is -2.26. The molecule has 1 aliphatic rings. The van der Waals surface area contributed by atoms with E-state index in [9.17, 15) is 4.79 Å². The SMILES string of the molecule is O=c1cc(CSc2nnnn2CC2CCCO2)nc2ccccn12. The van der Waals surface area contributed by atoms with Gasteiger partial charge in [0.25, 0.3) is 5.56 Å². The molecule has 9 heteroatoms. The first kappa shape index (κ1) is 15.3. The van der Waals surface area contributed by atoms with Gasteiger partial charge in [-0.05, 0) is 35.4 Å². The van der Waals surface area contributed by atoms with Gasteiger partial charge in [-0.15, -0.1) is 5.10 Å². The average Bonchev–Trinajstić information content (AvgIpc) is 3.25. The van der Waals surface area contributed by atoms with Crippen molar-refractivity contribution >= 4 is 17.4 Å². The number of nitrogens with zero attached hydrogens (tertiary/aromatic N) is 6. The van der Waals surface area contributed by atoms with Crippen molar-refractivity contribution in [2.24, 2.45) is 0 Å². The first-order chi connectivity index (χ1) is 11.8. The molecule has 1 atom stereocenters. The first-order valence-corrected chi connectivity index (χ1v) is 8.76. The zero-order chi connectivity index (χ0) is 16.4. The molecule has 1 saturated heterocycles. The number of aromatic nitrogens is 6. The van der Waals surface area contributed by atoms with E-state index in [1.54, 1.807) is 16.9 Å². The molecule has 0 aliphatic carbocycles. The molecule has 0 saturated carbocycles. The summed E-state index contributed by atoms with van der Waals surface area (Å²) in [7, 11) is 0. The molecule has 0 bridgehead atoms. The van der Waals surface area contributed by atoms with Crippen LogP contribution in [0.15, 0.2) is 40.4 Å². The van der Waals surface area contributed by atoms with Crippen molar-refractivity contribution < 1.29 is 4.74 Å². The summed E-state index contributed by atoms with van der Waals surface area (Å²) in [4.78, 5) is 16.6. The zero-order valence-electron chi connectivity index (χ0n) is 12.9. The van der Waals surface area contributed by atoms with E-state index in [4.69, 9.17) is 4.74 Å². The van der Waals surface area contributed by atoms with E-state index < -0.39 is 0 Å². The Balaban J connectivity index is 1.49. The maximum atomic E-state index is 12.1. The van der Waals surface area contributed by atoms with E-state index in [2.05, 4.69) is 20.5 Å². The molecule has 4 rings (SSSR count). The molecule has 0 spiro atoms. The highest BCUT2D eigenvalue weighted by atomic mass is 32.2. The summed E-state index contributed by atoms with van der Waals surface area (Å²) in [6.07, 6.45) is 4.01. The lowest BCUT2D eigenvalue weighted by molar-refractivity contribution is 0.0912. The highest BCUT2D eigenvalue weighted by molar-refractivity contribution is 7.98. The van der Waals surface area contributed by atoms with Gasteiger partial charge in [0.05, 0.1) is 18.3 Å². The zero-order valence-corrected chi connectivity index (χ0v) is 13.7. The normalized spacial score (nSPS) is 17.6. The van der Waals surface area contributed by atoms with Gasteiger partial charge in [0, 0.05) is 24.6 Å². The van der Waals surface area contributed by atoms with Crippen LogP contribution in [0.25, 0.3) is 5.65 Å². The van der Waals surface area contributed by atoms with Crippen molar-refractivity contribution in [3.8, 4) is 0 Å². The fourth-order valence-corrected chi connectivity index (χ4v) is 3.49. The van der Waals surface area contributed by atoms with Crippen LogP contribution in [-0.2, 0) is 17.0 Å². The van der Waals surface area contributed by atoms with Gasteiger partial charge in [0.1, 0.15) is 5.65 Å². The smallest absolute Gasteiger partial charge is 0.258 e. The first-order valence-electron chi connectivity index (χ1n) is 7.77. The maximum Gasteiger partial charge on any atom is 0.258 e. The summed E-state index contributed by atoms with van der Waals surface area (Å²) in [5.74, 6) is 0.534. The van der Waals surface area contributed by atoms with Crippen molar-refractivity contribution in [1.29, 1.82) is 0 Å². The van der Waals surface area contributed by atoms with Gasteiger partial charge in [-0.2, -0.15) is 0 Å². The van der Waals surface area contributed by atoms with Crippen LogP contribution in [0.1, 0.15) is 18.5 Å². The predicted octanol–water partition coefficient (Wildman–Crippen LogP) is 1.15. The molecular weight excluding hydrogens is 328 g/mol. The molecule has 1 fully saturated rings. The van der Waals surface area contributed by atoms with E-state index >= 15 is 0 Å². The van der Waals surface area contributed by atoms with E-state index in [0.29, 0.717) is 28.8 Å². The van der Waals surface area contributed by atoms with E-state index in [0.717, 1.165) is 19.4 Å². The second-order valence-corrected chi connectivity index (χ2v) is 6.52. The van der Waals surface area contributed by atoms with Gasteiger partial charge in [0.2, 0.25) is 5.16 Å². The third-order valence-electron chi connectivity index (χ3n) is 3.87. The highest BCUT2D eigenvalue weighted by Crippen LogP contribution is 2.21. The molecule has 1 aliphatic heterocycles. The Morgan fingerprint density at radius 2 is 2.33 bits per heavy atom. The second kappa shape index (κ2) is 6.70. The Morgan fingerprint density at radius 1 is 1.38 bits per heavy atom. The van der Waals surface area contributed by atoms with Crippen LogP contribution < -0.4 is 5.56 Å². The summed E-state index contributed by atoms with van der Waals surface area (Å²) in [5.41, 5.74) is 1.26. The number of hydrogen-bond donors (Lipinski definition) is 0. The van der Waals surface area contributed by atoms with Gasteiger partial charge in [-0.25, -0.2) is 9.67 Å². The predicted molar refractivity (Wildman–Crippen MR) is 87.8 cm³/mol. The molecule has 0 N–H and O–H groups in total. The summed E-state index contributed by atoms with van der Waals surface area (Å²) in [6.45, 7) is 1.46. The Morgan fingerprint density at radius 3 is 3.21 bits per heavy atom. The van der Waals surface area contributed by atoms with Gasteiger partial charge in [-0.1, -0.05) is 17.8 Å². The van der Waals surface area contributed by atoms with Crippen LogP contribution in [0.4, 0.5) is 0 Å². The maximum absolute atomic E-state index is 12.1. The molecule has 4 heterocycles. The molecule has 124 valence electrons. The number of tetrazole rings is 1.